The molecule has 2 heterocycles. The van der Waals surface area contributed by atoms with Crippen molar-refractivity contribution in [2.45, 2.75) is 140 Å². The van der Waals surface area contributed by atoms with Crippen molar-refractivity contribution in [2.24, 2.45) is 16.7 Å². The maximum atomic E-state index is 14.4. The fraction of sp³-hybridized carbons (Fsp3) is 0.565. The highest BCUT2D eigenvalue weighted by Crippen LogP contribution is 2.66. The van der Waals surface area contributed by atoms with Crippen molar-refractivity contribution in [2.75, 3.05) is 6.61 Å². The van der Waals surface area contributed by atoms with Crippen LogP contribution >= 0.6 is 0 Å². The van der Waals surface area contributed by atoms with E-state index in [2.05, 4.69) is 11.9 Å². The first-order chi connectivity index (χ1) is 28.6. The number of fused-ring (bicyclic) bond motifs is 8. The van der Waals surface area contributed by atoms with Crippen molar-refractivity contribution in [3.8, 4) is 0 Å². The van der Waals surface area contributed by atoms with Crippen LogP contribution in [-0.4, -0.2) is 112 Å². The molecule has 5 aliphatic rings. The summed E-state index contributed by atoms with van der Waals surface area (Å²) in [7, 11) is 0. The molecule has 4 fully saturated rings. The lowest BCUT2D eigenvalue weighted by atomic mass is 9.44. The van der Waals surface area contributed by atoms with E-state index >= 15 is 0 Å². The predicted octanol–water partition coefficient (Wildman–Crippen LogP) is 4.63. The molecule has 0 aromatic heterocycles. The molecule has 15 heteroatoms. The van der Waals surface area contributed by atoms with Crippen LogP contribution in [0.1, 0.15) is 90.2 Å². The third-order valence-corrected chi connectivity index (χ3v) is 13.5. The summed E-state index contributed by atoms with van der Waals surface area (Å²) >= 11 is 0. The Morgan fingerprint density at radius 2 is 1.62 bits per heavy atom. The fourth-order valence-electron chi connectivity index (χ4n) is 10.5. The molecule has 2 saturated carbocycles. The first-order valence-corrected chi connectivity index (χ1v) is 20.6. The molecule has 330 valence electrons. The summed E-state index contributed by atoms with van der Waals surface area (Å²) in [6, 6.07) is 15.2. The van der Waals surface area contributed by atoms with Crippen molar-refractivity contribution in [3.63, 3.8) is 0 Å². The molecule has 3 aliphatic carbocycles. The zero-order valence-corrected chi connectivity index (χ0v) is 35.8. The Morgan fingerprint density at radius 3 is 2.20 bits per heavy atom. The number of ether oxygens (including phenoxy) is 7. The third kappa shape index (κ3) is 7.46. The standard InChI is InChI=1S/C46H57NO14/c1-10-31-57-35-32-24(2)28(56-40(52)34(50)33(26-17-13-11-14-18-26)47-41(53)61-42(4,5)6)22-46(54,43(32,7)8)38(59-39(51)27-19-15-12-16-20-27)36-44(9,37(35)58-31)29(49)21-30-45(36,23-55-30)60-25(3)48/h10-20,28-31,33-38,49-50,54H,1,21-23H2,2-9H3,(H,47,53)/t28-,29-,30?,31?,33-,34+,35+,36-,37+,38-,44+,45-,46+/m0/s1. The zero-order chi connectivity index (χ0) is 44.4. The minimum atomic E-state index is -2.19. The van der Waals surface area contributed by atoms with Gasteiger partial charge in [0.1, 0.15) is 35.6 Å². The fourth-order valence-corrected chi connectivity index (χ4v) is 10.5. The van der Waals surface area contributed by atoms with Gasteiger partial charge in [0, 0.05) is 30.6 Å². The van der Waals surface area contributed by atoms with E-state index < -0.39 is 119 Å². The number of hydrogen-bond acceptors (Lipinski definition) is 14. The number of rotatable bonds is 9. The van der Waals surface area contributed by atoms with E-state index in [0.717, 1.165) is 0 Å². The summed E-state index contributed by atoms with van der Waals surface area (Å²) in [5, 5.41) is 40.5. The Hall–Kier alpha value is -4.64. The van der Waals surface area contributed by atoms with Gasteiger partial charge in [0.2, 0.25) is 0 Å². The van der Waals surface area contributed by atoms with E-state index in [0.29, 0.717) is 16.7 Å². The number of benzene rings is 2. The largest absolute Gasteiger partial charge is 0.456 e. The second kappa shape index (κ2) is 15.9. The highest BCUT2D eigenvalue weighted by Gasteiger charge is 2.79. The molecule has 2 unspecified atom stereocenters. The average Bonchev–Trinajstić information content (AvgIpc) is 3.62. The normalized spacial score (nSPS) is 35.9. The molecule has 2 saturated heterocycles. The Balaban J connectivity index is 1.39. The van der Waals surface area contributed by atoms with Gasteiger partial charge in [0.15, 0.2) is 18.0 Å². The molecule has 2 aromatic carbocycles. The zero-order valence-electron chi connectivity index (χ0n) is 35.8. The molecule has 1 amide bonds. The third-order valence-electron chi connectivity index (χ3n) is 13.5. The topological polar surface area (TPSA) is 206 Å². The molecular weight excluding hydrogens is 790 g/mol. The van der Waals surface area contributed by atoms with Crippen LogP contribution < -0.4 is 5.32 Å². The molecule has 0 spiro atoms. The van der Waals surface area contributed by atoms with Gasteiger partial charge in [-0.15, -0.1) is 0 Å². The summed E-state index contributed by atoms with van der Waals surface area (Å²) in [5.41, 5.74) is -6.03. The van der Waals surface area contributed by atoms with E-state index in [1.54, 1.807) is 109 Å². The molecule has 2 aromatic rings. The molecule has 2 aliphatic heterocycles. The SMILES string of the molecule is C=CC1O[C@@H]2C3=C(C)[C@@H](OC(=O)[C@H](O)[C@@H](NC(=O)OC(C)(C)C)c4ccccc4)C[C@@](O)([C@@H](OC(=O)c4ccccc4)[C@H]4[C@](C)([C@@H]2O1)[C@@H](O)CC1OC[C@]14OC(C)=O)C3(C)C. The monoisotopic (exact) mass is 847 g/mol. The number of esters is 3. The summed E-state index contributed by atoms with van der Waals surface area (Å²) in [6.45, 7) is 17.0. The maximum Gasteiger partial charge on any atom is 0.408 e. The number of aliphatic hydroxyl groups is 3. The molecule has 13 atom stereocenters. The van der Waals surface area contributed by atoms with Crippen molar-refractivity contribution in [1.82, 2.24) is 5.32 Å². The van der Waals surface area contributed by atoms with Crippen molar-refractivity contribution in [3.05, 3.63) is 95.6 Å². The minimum absolute atomic E-state index is 0.0167. The highest BCUT2D eigenvalue weighted by atomic mass is 16.7. The van der Waals surface area contributed by atoms with Crippen molar-refractivity contribution >= 4 is 24.0 Å². The van der Waals surface area contributed by atoms with Gasteiger partial charge in [0.25, 0.3) is 0 Å². The Kier molecular flexibility index (Phi) is 11.6. The van der Waals surface area contributed by atoms with Gasteiger partial charge in [0.05, 0.1) is 36.3 Å². The Labute approximate surface area is 355 Å². The number of alkyl carbamates (subject to hydrolysis) is 1. The molecule has 4 N–H and O–H groups in total. The molecule has 2 bridgehead atoms. The van der Waals surface area contributed by atoms with Gasteiger partial charge in [-0.05, 0) is 62.6 Å². The minimum Gasteiger partial charge on any atom is -0.456 e. The molecule has 61 heavy (non-hydrogen) atoms. The van der Waals surface area contributed by atoms with Gasteiger partial charge in [-0.25, -0.2) is 14.4 Å². The predicted molar refractivity (Wildman–Crippen MR) is 216 cm³/mol. The molecule has 7 rings (SSSR count). The quantitative estimate of drug-likeness (QED) is 0.154. The van der Waals surface area contributed by atoms with Crippen LogP contribution in [0.3, 0.4) is 0 Å². The van der Waals surface area contributed by atoms with Crippen LogP contribution in [0.25, 0.3) is 0 Å². The van der Waals surface area contributed by atoms with E-state index in [1.807, 2.05) is 0 Å². The number of carbonyl (C=O) groups excluding carboxylic acids is 4. The first kappa shape index (κ1) is 44.4. The lowest BCUT2D eigenvalue weighted by Gasteiger charge is -2.68. The van der Waals surface area contributed by atoms with Gasteiger partial charge in [-0.3, -0.25) is 4.79 Å². The van der Waals surface area contributed by atoms with Crippen LogP contribution in [0, 0.1) is 16.7 Å². The van der Waals surface area contributed by atoms with Crippen molar-refractivity contribution in [1.29, 1.82) is 0 Å². The number of aliphatic hydroxyl groups excluding tert-OH is 2. The van der Waals surface area contributed by atoms with E-state index in [-0.39, 0.29) is 18.6 Å². The summed E-state index contributed by atoms with van der Waals surface area (Å²) in [5.74, 6) is -3.83. The summed E-state index contributed by atoms with van der Waals surface area (Å²) < 4.78 is 43.7. The van der Waals surface area contributed by atoms with Crippen LogP contribution in [0.5, 0.6) is 0 Å². The van der Waals surface area contributed by atoms with E-state index in [1.165, 1.54) is 13.0 Å². The smallest absolute Gasteiger partial charge is 0.408 e. The van der Waals surface area contributed by atoms with Gasteiger partial charge < -0.3 is 53.8 Å². The van der Waals surface area contributed by atoms with E-state index in [4.69, 9.17) is 33.2 Å². The van der Waals surface area contributed by atoms with Crippen LogP contribution in [-0.2, 0) is 42.7 Å². The van der Waals surface area contributed by atoms with Crippen LogP contribution in [0.15, 0.2) is 84.5 Å². The Morgan fingerprint density at radius 1 is 0.984 bits per heavy atom. The summed E-state index contributed by atoms with van der Waals surface area (Å²) in [4.78, 5) is 54.8. The Bertz CT molecular complexity index is 2070. The average molecular weight is 848 g/mol. The first-order valence-electron chi connectivity index (χ1n) is 20.6. The van der Waals surface area contributed by atoms with Crippen molar-refractivity contribution < 1.29 is 67.7 Å². The molecule has 0 radical (unpaired) electrons. The lowest BCUT2D eigenvalue weighted by Crippen LogP contribution is -2.82. The second-order valence-electron chi connectivity index (χ2n) is 18.6. The van der Waals surface area contributed by atoms with Crippen LogP contribution in [0.2, 0.25) is 0 Å². The second-order valence-corrected chi connectivity index (χ2v) is 18.6. The highest BCUT2D eigenvalue weighted by molar-refractivity contribution is 5.89. The number of carbonyl (C=O) groups is 4. The lowest BCUT2D eigenvalue weighted by molar-refractivity contribution is -0.361. The number of hydrogen-bond donors (Lipinski definition) is 4. The molecule has 15 nitrogen and oxygen atoms in total. The van der Waals surface area contributed by atoms with Gasteiger partial charge >= 0.3 is 24.0 Å². The maximum absolute atomic E-state index is 14.4. The van der Waals surface area contributed by atoms with Crippen LogP contribution in [0.4, 0.5) is 4.79 Å². The molecular formula is C46H57NO14. The van der Waals surface area contributed by atoms with Gasteiger partial charge in [-0.2, -0.15) is 0 Å². The van der Waals surface area contributed by atoms with Gasteiger partial charge in [-0.1, -0.05) is 75.9 Å². The number of amides is 1. The van der Waals surface area contributed by atoms with E-state index in [9.17, 15) is 34.5 Å². The summed E-state index contributed by atoms with van der Waals surface area (Å²) in [6.07, 6.45) is -9.86. The number of nitrogens with one attached hydrogen (secondary N) is 1.